The second-order valence-electron chi connectivity index (χ2n) is 6.21. The van der Waals surface area contributed by atoms with E-state index in [2.05, 4.69) is 5.32 Å². The van der Waals surface area contributed by atoms with Gasteiger partial charge in [-0.25, -0.2) is 8.42 Å². The molecule has 0 aliphatic carbocycles. The molecule has 23 heavy (non-hydrogen) atoms. The van der Waals surface area contributed by atoms with Crippen molar-refractivity contribution < 1.29 is 13.2 Å². The molecule has 1 aliphatic rings. The Labute approximate surface area is 139 Å². The summed E-state index contributed by atoms with van der Waals surface area (Å²) in [7, 11) is -3.32. The van der Waals surface area contributed by atoms with E-state index in [1.807, 2.05) is 37.3 Å². The van der Waals surface area contributed by atoms with E-state index in [-0.39, 0.29) is 23.6 Å². The number of piperidine rings is 1. The van der Waals surface area contributed by atoms with Crippen molar-refractivity contribution in [3.8, 4) is 0 Å². The zero-order valence-electron chi connectivity index (χ0n) is 13.9. The lowest BCUT2D eigenvalue weighted by molar-refractivity contribution is -0.121. The molecule has 1 amide bonds. The van der Waals surface area contributed by atoms with Crippen molar-refractivity contribution in [2.45, 2.75) is 45.1 Å². The van der Waals surface area contributed by atoms with Gasteiger partial charge in [0.1, 0.15) is 0 Å². The molecule has 128 valence electrons. The summed E-state index contributed by atoms with van der Waals surface area (Å²) in [5.74, 6) is 0.0320. The number of nitrogens with zero attached hydrogens (tertiary/aromatic N) is 1. The summed E-state index contributed by atoms with van der Waals surface area (Å²) in [6.45, 7) is 4.67. The van der Waals surface area contributed by atoms with Gasteiger partial charge in [-0.3, -0.25) is 4.79 Å². The number of benzene rings is 1. The highest BCUT2D eigenvalue weighted by molar-refractivity contribution is 7.89. The van der Waals surface area contributed by atoms with Gasteiger partial charge in [-0.2, -0.15) is 4.31 Å². The molecular weight excluding hydrogens is 312 g/mol. The van der Waals surface area contributed by atoms with Crippen LogP contribution in [-0.2, 0) is 14.8 Å². The molecule has 2 atom stereocenters. The van der Waals surface area contributed by atoms with Gasteiger partial charge < -0.3 is 5.32 Å². The number of nitrogens with one attached hydrogen (secondary N) is 1. The van der Waals surface area contributed by atoms with Gasteiger partial charge in [-0.15, -0.1) is 0 Å². The third-order valence-corrected chi connectivity index (χ3v) is 6.33. The highest BCUT2D eigenvalue weighted by Crippen LogP contribution is 2.21. The Hall–Kier alpha value is -1.40. The van der Waals surface area contributed by atoms with Crippen LogP contribution in [0.1, 0.15) is 44.6 Å². The van der Waals surface area contributed by atoms with Gasteiger partial charge in [-0.05, 0) is 24.3 Å². The van der Waals surface area contributed by atoms with Crippen molar-refractivity contribution in [2.75, 3.05) is 18.8 Å². The van der Waals surface area contributed by atoms with Crippen LogP contribution in [0.3, 0.4) is 0 Å². The van der Waals surface area contributed by atoms with E-state index in [1.165, 1.54) is 4.31 Å². The zero-order valence-corrected chi connectivity index (χ0v) is 14.7. The topological polar surface area (TPSA) is 66.5 Å². The van der Waals surface area contributed by atoms with E-state index in [0.717, 1.165) is 18.4 Å². The predicted molar refractivity (Wildman–Crippen MR) is 91.7 cm³/mol. The van der Waals surface area contributed by atoms with Gasteiger partial charge in [0.2, 0.25) is 15.9 Å². The van der Waals surface area contributed by atoms with Crippen molar-refractivity contribution in [2.24, 2.45) is 0 Å². The minimum absolute atomic E-state index is 0.0214. The van der Waals surface area contributed by atoms with Gasteiger partial charge in [-0.1, -0.05) is 44.2 Å². The molecule has 1 N–H and O–H groups in total. The molecule has 0 unspecified atom stereocenters. The first-order valence-electron chi connectivity index (χ1n) is 8.24. The molecule has 1 aliphatic heterocycles. The highest BCUT2D eigenvalue weighted by Gasteiger charge is 2.30. The van der Waals surface area contributed by atoms with Crippen LogP contribution in [0.5, 0.6) is 0 Å². The Morgan fingerprint density at radius 3 is 2.70 bits per heavy atom. The summed E-state index contributed by atoms with van der Waals surface area (Å²) in [6.07, 6.45) is 2.05. The minimum Gasteiger partial charge on any atom is -0.352 e. The molecule has 6 heteroatoms. The second kappa shape index (κ2) is 7.93. The van der Waals surface area contributed by atoms with Crippen LogP contribution < -0.4 is 5.32 Å². The van der Waals surface area contributed by atoms with Crippen LogP contribution in [0.2, 0.25) is 0 Å². The standard InChI is InChI=1S/C17H26N2O3S/c1-3-17(20)18-16-10-7-11-19(12-16)23(21,22)13-14(2)15-8-5-4-6-9-15/h4-6,8-9,14,16H,3,7,10-13H2,1-2H3,(H,18,20)/t14-,16-/m1/s1. The smallest absolute Gasteiger partial charge is 0.219 e. The minimum atomic E-state index is -3.32. The molecule has 0 spiro atoms. The van der Waals surface area contributed by atoms with E-state index in [9.17, 15) is 13.2 Å². The van der Waals surface area contributed by atoms with Crippen LogP contribution in [0, 0.1) is 0 Å². The Morgan fingerprint density at radius 1 is 1.35 bits per heavy atom. The zero-order chi connectivity index (χ0) is 16.9. The lowest BCUT2D eigenvalue weighted by Gasteiger charge is -2.33. The second-order valence-corrected chi connectivity index (χ2v) is 8.22. The number of rotatable bonds is 6. The summed E-state index contributed by atoms with van der Waals surface area (Å²) in [6, 6.07) is 9.63. The molecule has 1 aromatic carbocycles. The average molecular weight is 338 g/mol. The first kappa shape index (κ1) is 17.9. The molecule has 1 aromatic rings. The molecule has 0 radical (unpaired) electrons. The third kappa shape index (κ3) is 5.04. The Morgan fingerprint density at radius 2 is 2.04 bits per heavy atom. The van der Waals surface area contributed by atoms with E-state index in [4.69, 9.17) is 0 Å². The van der Waals surface area contributed by atoms with Crippen LogP contribution in [0.25, 0.3) is 0 Å². The maximum atomic E-state index is 12.7. The SMILES string of the molecule is CCC(=O)N[C@@H]1CCCN(S(=O)(=O)C[C@@H](C)c2ccccc2)C1. The predicted octanol–water partition coefficient (Wildman–Crippen LogP) is 2.11. The molecule has 5 nitrogen and oxygen atoms in total. The molecule has 1 fully saturated rings. The third-order valence-electron chi connectivity index (χ3n) is 4.29. The number of hydrogen-bond acceptors (Lipinski definition) is 3. The largest absolute Gasteiger partial charge is 0.352 e. The van der Waals surface area contributed by atoms with Gasteiger partial charge >= 0.3 is 0 Å². The van der Waals surface area contributed by atoms with Gasteiger partial charge in [0.05, 0.1) is 5.75 Å². The number of carbonyl (C=O) groups is 1. The normalized spacial score (nSPS) is 20.9. The Bertz CT molecular complexity index is 616. The van der Waals surface area contributed by atoms with Crippen LogP contribution in [0.15, 0.2) is 30.3 Å². The van der Waals surface area contributed by atoms with E-state index < -0.39 is 10.0 Å². The van der Waals surface area contributed by atoms with E-state index in [1.54, 1.807) is 6.92 Å². The fourth-order valence-corrected chi connectivity index (χ4v) is 4.79. The maximum Gasteiger partial charge on any atom is 0.219 e. The lowest BCUT2D eigenvalue weighted by atomic mass is 10.0. The lowest BCUT2D eigenvalue weighted by Crippen LogP contribution is -2.50. The molecule has 1 heterocycles. The van der Waals surface area contributed by atoms with Crippen molar-refractivity contribution in [1.29, 1.82) is 0 Å². The van der Waals surface area contributed by atoms with Crippen LogP contribution >= 0.6 is 0 Å². The highest BCUT2D eigenvalue weighted by atomic mass is 32.2. The first-order valence-corrected chi connectivity index (χ1v) is 9.85. The number of carbonyl (C=O) groups excluding carboxylic acids is 1. The maximum absolute atomic E-state index is 12.7. The van der Waals surface area contributed by atoms with Crippen molar-refractivity contribution in [1.82, 2.24) is 9.62 Å². The Kier molecular flexibility index (Phi) is 6.18. The van der Waals surface area contributed by atoms with Gasteiger partial charge in [0.25, 0.3) is 0 Å². The summed E-state index contributed by atoms with van der Waals surface area (Å²) in [5.41, 5.74) is 1.03. The average Bonchev–Trinajstić information content (AvgIpc) is 2.55. The number of hydrogen-bond donors (Lipinski definition) is 1. The van der Waals surface area contributed by atoms with Crippen LogP contribution in [0.4, 0.5) is 0 Å². The molecule has 0 bridgehead atoms. The van der Waals surface area contributed by atoms with E-state index >= 15 is 0 Å². The van der Waals surface area contributed by atoms with Crippen molar-refractivity contribution >= 4 is 15.9 Å². The molecule has 0 aromatic heterocycles. The quantitative estimate of drug-likeness (QED) is 0.864. The summed E-state index contributed by atoms with van der Waals surface area (Å²) in [5, 5.41) is 2.91. The first-order chi connectivity index (χ1) is 10.9. The van der Waals surface area contributed by atoms with Crippen molar-refractivity contribution in [3.63, 3.8) is 0 Å². The fourth-order valence-electron chi connectivity index (χ4n) is 2.94. The summed E-state index contributed by atoms with van der Waals surface area (Å²) >= 11 is 0. The number of amides is 1. The number of sulfonamides is 1. The molecule has 1 saturated heterocycles. The van der Waals surface area contributed by atoms with E-state index in [0.29, 0.717) is 19.5 Å². The molecule has 0 saturated carbocycles. The molecular formula is C17H26N2O3S. The molecule has 2 rings (SSSR count). The van der Waals surface area contributed by atoms with Crippen molar-refractivity contribution in [3.05, 3.63) is 35.9 Å². The van der Waals surface area contributed by atoms with Gasteiger partial charge in [0.15, 0.2) is 0 Å². The van der Waals surface area contributed by atoms with Crippen LogP contribution in [-0.4, -0.2) is 43.5 Å². The summed E-state index contributed by atoms with van der Waals surface area (Å²) < 4.78 is 26.9. The van der Waals surface area contributed by atoms with Gasteiger partial charge in [0, 0.05) is 25.6 Å². The monoisotopic (exact) mass is 338 g/mol. The Balaban J connectivity index is 1.99. The summed E-state index contributed by atoms with van der Waals surface area (Å²) in [4.78, 5) is 11.5. The fraction of sp³-hybridized carbons (Fsp3) is 0.588.